The Kier molecular flexibility index (Phi) is 5.02. The van der Waals surface area contributed by atoms with E-state index in [1.165, 1.54) is 0 Å². The Morgan fingerprint density at radius 2 is 1.52 bits per heavy atom. The van der Waals surface area contributed by atoms with Gasteiger partial charge in [-0.2, -0.15) is 0 Å². The highest BCUT2D eigenvalue weighted by Crippen LogP contribution is 2.25. The zero-order chi connectivity index (χ0) is 15.4. The summed E-state index contributed by atoms with van der Waals surface area (Å²) < 4.78 is 39.5. The van der Waals surface area contributed by atoms with Gasteiger partial charge in [0.2, 0.25) is 0 Å². The van der Waals surface area contributed by atoms with E-state index in [1.807, 2.05) is 12.1 Å². The fourth-order valence-electron chi connectivity index (χ4n) is 2.17. The molecule has 0 aromatic heterocycles. The van der Waals surface area contributed by atoms with Crippen LogP contribution in [0, 0.1) is 17.5 Å². The number of rotatable bonds is 5. The van der Waals surface area contributed by atoms with E-state index in [0.29, 0.717) is 11.1 Å². The van der Waals surface area contributed by atoms with Crippen molar-refractivity contribution in [1.82, 2.24) is 5.32 Å². The van der Waals surface area contributed by atoms with Gasteiger partial charge in [0.15, 0.2) is 17.5 Å². The summed E-state index contributed by atoms with van der Waals surface area (Å²) in [6.07, 6.45) is 1.05. The van der Waals surface area contributed by atoms with Gasteiger partial charge in [0.25, 0.3) is 0 Å². The second-order valence-electron chi connectivity index (χ2n) is 5.05. The Balaban J connectivity index is 2.23. The summed E-state index contributed by atoms with van der Waals surface area (Å²) in [5.41, 5.74) is 2.07. The van der Waals surface area contributed by atoms with Gasteiger partial charge in [-0.15, -0.1) is 0 Å². The summed E-state index contributed by atoms with van der Waals surface area (Å²) >= 11 is 0. The molecule has 0 spiro atoms. The van der Waals surface area contributed by atoms with Crippen LogP contribution in [0.2, 0.25) is 0 Å². The molecule has 0 saturated heterocycles. The molecule has 0 saturated carbocycles. The minimum absolute atomic E-state index is 0.209. The van der Waals surface area contributed by atoms with Crippen molar-refractivity contribution < 1.29 is 13.2 Å². The SMILES string of the molecule is CCCNC(C)c1ccc(-c2cc(F)c(F)c(F)c2)cc1. The van der Waals surface area contributed by atoms with Gasteiger partial charge in [-0.1, -0.05) is 31.2 Å². The lowest BCUT2D eigenvalue weighted by Gasteiger charge is -2.14. The Morgan fingerprint density at radius 1 is 0.952 bits per heavy atom. The molecule has 0 aliphatic rings. The molecule has 1 N–H and O–H groups in total. The normalized spacial score (nSPS) is 12.4. The van der Waals surface area contributed by atoms with Crippen molar-refractivity contribution >= 4 is 0 Å². The first-order chi connectivity index (χ1) is 10.0. The number of benzene rings is 2. The van der Waals surface area contributed by atoms with Gasteiger partial charge in [0, 0.05) is 6.04 Å². The Hall–Kier alpha value is -1.81. The molecule has 0 bridgehead atoms. The van der Waals surface area contributed by atoms with E-state index < -0.39 is 17.5 Å². The molecule has 2 rings (SSSR count). The first kappa shape index (κ1) is 15.6. The van der Waals surface area contributed by atoms with E-state index in [2.05, 4.69) is 19.2 Å². The van der Waals surface area contributed by atoms with Gasteiger partial charge < -0.3 is 5.32 Å². The first-order valence-electron chi connectivity index (χ1n) is 7.01. The van der Waals surface area contributed by atoms with Crippen molar-refractivity contribution in [2.45, 2.75) is 26.3 Å². The highest BCUT2D eigenvalue weighted by molar-refractivity contribution is 5.64. The minimum atomic E-state index is -1.44. The van der Waals surface area contributed by atoms with Crippen LogP contribution in [0.1, 0.15) is 31.9 Å². The summed E-state index contributed by atoms with van der Waals surface area (Å²) in [6.45, 7) is 5.08. The van der Waals surface area contributed by atoms with Crippen LogP contribution in [0.4, 0.5) is 13.2 Å². The van der Waals surface area contributed by atoms with Crippen molar-refractivity contribution in [1.29, 1.82) is 0 Å². The molecule has 0 radical (unpaired) electrons. The van der Waals surface area contributed by atoms with Gasteiger partial charge in [-0.3, -0.25) is 0 Å². The number of hydrogen-bond acceptors (Lipinski definition) is 1. The third-order valence-corrected chi connectivity index (χ3v) is 3.43. The largest absolute Gasteiger partial charge is 0.310 e. The highest BCUT2D eigenvalue weighted by Gasteiger charge is 2.12. The maximum absolute atomic E-state index is 13.2. The molecule has 0 heterocycles. The molecule has 21 heavy (non-hydrogen) atoms. The third-order valence-electron chi connectivity index (χ3n) is 3.43. The highest BCUT2D eigenvalue weighted by atomic mass is 19.2. The Bertz CT molecular complexity index is 585. The number of halogens is 3. The smallest absolute Gasteiger partial charge is 0.194 e. The van der Waals surface area contributed by atoms with Gasteiger partial charge in [-0.05, 0) is 48.7 Å². The fourth-order valence-corrected chi connectivity index (χ4v) is 2.17. The van der Waals surface area contributed by atoms with Gasteiger partial charge >= 0.3 is 0 Å². The second kappa shape index (κ2) is 6.76. The molecule has 1 atom stereocenters. The summed E-state index contributed by atoms with van der Waals surface area (Å²) in [4.78, 5) is 0. The molecular formula is C17H18F3N. The van der Waals surface area contributed by atoms with Gasteiger partial charge in [0.05, 0.1) is 0 Å². The summed E-state index contributed by atoms with van der Waals surface area (Å²) in [7, 11) is 0. The van der Waals surface area contributed by atoms with Crippen LogP contribution >= 0.6 is 0 Å². The van der Waals surface area contributed by atoms with Crippen LogP contribution < -0.4 is 5.32 Å². The zero-order valence-electron chi connectivity index (χ0n) is 12.1. The van der Waals surface area contributed by atoms with E-state index >= 15 is 0 Å². The van der Waals surface area contributed by atoms with Crippen LogP contribution in [0.5, 0.6) is 0 Å². The topological polar surface area (TPSA) is 12.0 Å². The van der Waals surface area contributed by atoms with E-state index in [1.54, 1.807) is 12.1 Å². The van der Waals surface area contributed by atoms with Crippen molar-refractivity contribution in [3.8, 4) is 11.1 Å². The molecule has 2 aromatic carbocycles. The average Bonchev–Trinajstić information content (AvgIpc) is 2.50. The molecule has 112 valence electrons. The van der Waals surface area contributed by atoms with Crippen LogP contribution in [0.15, 0.2) is 36.4 Å². The Morgan fingerprint density at radius 3 is 2.05 bits per heavy atom. The summed E-state index contributed by atoms with van der Waals surface area (Å²) in [5, 5.41) is 3.36. The standard InChI is InChI=1S/C17H18F3N/c1-3-8-21-11(2)12-4-6-13(7-5-12)14-9-15(18)17(20)16(19)10-14/h4-7,9-11,21H,3,8H2,1-2H3. The molecular weight excluding hydrogens is 275 g/mol. The predicted molar refractivity (Wildman–Crippen MR) is 78.5 cm³/mol. The molecule has 4 heteroatoms. The molecule has 1 nitrogen and oxygen atoms in total. The lowest BCUT2D eigenvalue weighted by Crippen LogP contribution is -2.19. The van der Waals surface area contributed by atoms with Crippen molar-refractivity contribution in [3.63, 3.8) is 0 Å². The number of hydrogen-bond donors (Lipinski definition) is 1. The lowest BCUT2D eigenvalue weighted by molar-refractivity contribution is 0.447. The van der Waals surface area contributed by atoms with Crippen LogP contribution in [-0.2, 0) is 0 Å². The monoisotopic (exact) mass is 293 g/mol. The minimum Gasteiger partial charge on any atom is -0.310 e. The molecule has 2 aromatic rings. The van der Waals surface area contributed by atoms with Crippen molar-refractivity contribution in [3.05, 3.63) is 59.4 Å². The quantitative estimate of drug-likeness (QED) is 0.778. The molecule has 0 amide bonds. The molecule has 1 unspecified atom stereocenters. The van der Waals surface area contributed by atoms with Gasteiger partial charge in [-0.25, -0.2) is 13.2 Å². The fraction of sp³-hybridized carbons (Fsp3) is 0.294. The van der Waals surface area contributed by atoms with Crippen molar-refractivity contribution in [2.75, 3.05) is 6.54 Å². The van der Waals surface area contributed by atoms with Gasteiger partial charge in [0.1, 0.15) is 0 Å². The second-order valence-corrected chi connectivity index (χ2v) is 5.05. The van der Waals surface area contributed by atoms with E-state index in [4.69, 9.17) is 0 Å². The zero-order valence-corrected chi connectivity index (χ0v) is 12.1. The lowest BCUT2D eigenvalue weighted by atomic mass is 10.0. The van der Waals surface area contributed by atoms with Crippen LogP contribution in [0.25, 0.3) is 11.1 Å². The maximum Gasteiger partial charge on any atom is 0.194 e. The van der Waals surface area contributed by atoms with E-state index in [0.717, 1.165) is 30.7 Å². The predicted octanol–water partition coefficient (Wildman–Crippen LogP) is 4.83. The van der Waals surface area contributed by atoms with E-state index in [-0.39, 0.29) is 6.04 Å². The van der Waals surface area contributed by atoms with E-state index in [9.17, 15) is 13.2 Å². The molecule has 0 fully saturated rings. The average molecular weight is 293 g/mol. The summed E-state index contributed by atoms with van der Waals surface area (Å²) in [6, 6.07) is 9.60. The maximum atomic E-state index is 13.2. The Labute approximate surface area is 122 Å². The molecule has 0 aliphatic heterocycles. The van der Waals surface area contributed by atoms with Crippen LogP contribution in [0.3, 0.4) is 0 Å². The number of nitrogens with one attached hydrogen (secondary N) is 1. The van der Waals surface area contributed by atoms with Crippen molar-refractivity contribution in [2.24, 2.45) is 0 Å². The van der Waals surface area contributed by atoms with Crippen LogP contribution in [-0.4, -0.2) is 6.54 Å². The first-order valence-corrected chi connectivity index (χ1v) is 7.01. The summed E-state index contributed by atoms with van der Waals surface area (Å²) in [5.74, 6) is -3.79. The molecule has 0 aliphatic carbocycles. The third kappa shape index (κ3) is 3.64.